The third-order valence-corrected chi connectivity index (χ3v) is 3.32. The van der Waals surface area contributed by atoms with Crippen LogP contribution in [0.3, 0.4) is 0 Å². The molecule has 0 saturated heterocycles. The molecule has 17 heavy (non-hydrogen) atoms. The summed E-state index contributed by atoms with van der Waals surface area (Å²) in [7, 11) is 2.39. The second-order valence-electron chi connectivity index (χ2n) is 5.30. The van der Waals surface area contributed by atoms with E-state index in [9.17, 15) is 5.11 Å². The number of hydrogen-bond acceptors (Lipinski definition) is 3. The number of rotatable bonds is 5. The van der Waals surface area contributed by atoms with E-state index in [2.05, 4.69) is 5.32 Å². The molecule has 0 amide bonds. The van der Waals surface area contributed by atoms with Crippen molar-refractivity contribution in [3.8, 4) is 0 Å². The SMILES string of the molecule is CNc1ccc(BOC(C)(C)C(C)(C)O)cc1. The highest BCUT2D eigenvalue weighted by Gasteiger charge is 2.35. The van der Waals surface area contributed by atoms with Gasteiger partial charge in [-0.1, -0.05) is 17.6 Å². The van der Waals surface area contributed by atoms with Gasteiger partial charge in [0.05, 0.1) is 11.2 Å². The predicted octanol–water partition coefficient (Wildman–Crippen LogP) is 1.27. The maximum atomic E-state index is 9.97. The molecule has 0 unspecified atom stereocenters. The Balaban J connectivity index is 2.61. The van der Waals surface area contributed by atoms with Gasteiger partial charge < -0.3 is 15.1 Å². The van der Waals surface area contributed by atoms with Crippen LogP contribution in [0.5, 0.6) is 0 Å². The standard InChI is InChI=1S/C13H22BNO2/c1-12(2,16)13(3,4)17-14-10-6-8-11(15-5)9-7-10/h6-9,14-16H,1-5H3. The Labute approximate surface area is 104 Å². The quantitative estimate of drug-likeness (QED) is 0.755. The first-order valence-corrected chi connectivity index (χ1v) is 5.89. The summed E-state index contributed by atoms with van der Waals surface area (Å²) in [6.07, 6.45) is 0. The minimum atomic E-state index is -0.863. The van der Waals surface area contributed by atoms with Gasteiger partial charge in [0, 0.05) is 12.7 Å². The van der Waals surface area contributed by atoms with Gasteiger partial charge in [-0.15, -0.1) is 0 Å². The smallest absolute Gasteiger partial charge is 0.309 e. The first kappa shape index (κ1) is 14.1. The number of anilines is 1. The minimum absolute atomic E-state index is 0.501. The van der Waals surface area contributed by atoms with E-state index < -0.39 is 11.2 Å². The van der Waals surface area contributed by atoms with E-state index in [0.717, 1.165) is 11.2 Å². The highest BCUT2D eigenvalue weighted by atomic mass is 16.5. The van der Waals surface area contributed by atoms with Crippen molar-refractivity contribution in [1.82, 2.24) is 0 Å². The molecule has 0 radical (unpaired) electrons. The van der Waals surface area contributed by atoms with Gasteiger partial charge >= 0.3 is 7.48 Å². The average Bonchev–Trinajstić information content (AvgIpc) is 2.25. The fourth-order valence-corrected chi connectivity index (χ4v) is 1.21. The maximum Gasteiger partial charge on any atom is 0.309 e. The molecular weight excluding hydrogens is 213 g/mol. The molecule has 0 aliphatic rings. The predicted molar refractivity (Wildman–Crippen MR) is 74.2 cm³/mol. The molecule has 1 aromatic rings. The van der Waals surface area contributed by atoms with Crippen LogP contribution in [0.1, 0.15) is 27.7 Å². The molecule has 2 N–H and O–H groups in total. The Morgan fingerprint density at radius 1 is 1.12 bits per heavy atom. The molecule has 94 valence electrons. The van der Waals surface area contributed by atoms with E-state index in [0.29, 0.717) is 7.48 Å². The molecule has 0 aliphatic carbocycles. The van der Waals surface area contributed by atoms with Crippen molar-refractivity contribution in [1.29, 1.82) is 0 Å². The Morgan fingerprint density at radius 3 is 2.06 bits per heavy atom. The van der Waals surface area contributed by atoms with Gasteiger partial charge in [0.25, 0.3) is 0 Å². The Bertz CT molecular complexity index is 355. The monoisotopic (exact) mass is 235 g/mol. The zero-order valence-corrected chi connectivity index (χ0v) is 11.4. The van der Waals surface area contributed by atoms with Crippen LogP contribution in [0.25, 0.3) is 0 Å². The van der Waals surface area contributed by atoms with E-state index in [4.69, 9.17) is 4.65 Å². The van der Waals surface area contributed by atoms with E-state index >= 15 is 0 Å². The highest BCUT2D eigenvalue weighted by molar-refractivity contribution is 6.47. The van der Waals surface area contributed by atoms with Crippen LogP contribution in [-0.2, 0) is 4.65 Å². The number of aliphatic hydroxyl groups is 1. The molecule has 0 bridgehead atoms. The van der Waals surface area contributed by atoms with Crippen molar-refractivity contribution in [2.24, 2.45) is 0 Å². The van der Waals surface area contributed by atoms with Crippen LogP contribution in [0, 0.1) is 0 Å². The normalized spacial score (nSPS) is 12.4. The molecule has 3 nitrogen and oxygen atoms in total. The Hall–Kier alpha value is -0.995. The summed E-state index contributed by atoms with van der Waals surface area (Å²) < 4.78 is 5.78. The van der Waals surface area contributed by atoms with E-state index in [-0.39, 0.29) is 0 Å². The van der Waals surface area contributed by atoms with Gasteiger partial charge in [0.15, 0.2) is 0 Å². The van der Waals surface area contributed by atoms with Crippen molar-refractivity contribution in [2.75, 3.05) is 12.4 Å². The van der Waals surface area contributed by atoms with E-state index in [1.165, 1.54) is 0 Å². The molecule has 0 saturated carbocycles. The largest absolute Gasteiger partial charge is 0.427 e. The summed E-state index contributed by atoms with van der Waals surface area (Å²) in [4.78, 5) is 0. The zero-order chi connectivity index (χ0) is 13.1. The molecule has 0 fully saturated rings. The lowest BCUT2D eigenvalue weighted by atomic mass is 9.82. The molecular formula is C13H22BNO2. The number of benzene rings is 1. The average molecular weight is 235 g/mol. The molecule has 0 aliphatic heterocycles. The number of hydrogen-bond donors (Lipinski definition) is 2. The second-order valence-corrected chi connectivity index (χ2v) is 5.30. The van der Waals surface area contributed by atoms with Crippen LogP contribution >= 0.6 is 0 Å². The fraction of sp³-hybridized carbons (Fsp3) is 0.538. The molecule has 1 aromatic carbocycles. The highest BCUT2D eigenvalue weighted by Crippen LogP contribution is 2.24. The van der Waals surface area contributed by atoms with Gasteiger partial charge in [-0.2, -0.15) is 0 Å². The molecule has 0 heterocycles. The topological polar surface area (TPSA) is 41.5 Å². The second kappa shape index (κ2) is 5.11. The van der Waals surface area contributed by atoms with Gasteiger partial charge in [-0.25, -0.2) is 0 Å². The summed E-state index contributed by atoms with van der Waals surface area (Å²) in [5.74, 6) is 0. The Kier molecular flexibility index (Phi) is 4.23. The molecule has 0 spiro atoms. The van der Waals surface area contributed by atoms with E-state index in [1.807, 2.05) is 45.2 Å². The van der Waals surface area contributed by atoms with Crippen LogP contribution in [0.2, 0.25) is 0 Å². The van der Waals surface area contributed by atoms with Crippen LogP contribution in [0.4, 0.5) is 5.69 Å². The van der Waals surface area contributed by atoms with Crippen molar-refractivity contribution in [2.45, 2.75) is 38.9 Å². The molecule has 1 rings (SSSR count). The summed E-state index contributed by atoms with van der Waals surface area (Å²) in [6.45, 7) is 7.32. The lowest BCUT2D eigenvalue weighted by molar-refractivity contribution is -0.0893. The van der Waals surface area contributed by atoms with Gasteiger partial charge in [-0.05, 0) is 39.8 Å². The molecule has 0 atom stereocenters. The Morgan fingerprint density at radius 2 is 1.65 bits per heavy atom. The zero-order valence-electron chi connectivity index (χ0n) is 11.4. The summed E-state index contributed by atoms with van der Waals surface area (Å²) >= 11 is 0. The van der Waals surface area contributed by atoms with Crippen molar-refractivity contribution < 1.29 is 9.76 Å². The first-order chi connectivity index (χ1) is 7.76. The summed E-state index contributed by atoms with van der Waals surface area (Å²) in [5, 5.41) is 13.0. The van der Waals surface area contributed by atoms with Crippen molar-refractivity contribution in [3.63, 3.8) is 0 Å². The van der Waals surface area contributed by atoms with Crippen LogP contribution in [-0.4, -0.2) is 30.8 Å². The van der Waals surface area contributed by atoms with Gasteiger partial charge in [-0.3, -0.25) is 0 Å². The van der Waals surface area contributed by atoms with Crippen molar-refractivity contribution >= 4 is 18.6 Å². The fourth-order valence-electron chi connectivity index (χ4n) is 1.21. The molecule has 0 aromatic heterocycles. The lowest BCUT2D eigenvalue weighted by Gasteiger charge is -2.37. The van der Waals surface area contributed by atoms with Crippen LogP contribution < -0.4 is 10.8 Å². The van der Waals surface area contributed by atoms with Crippen molar-refractivity contribution in [3.05, 3.63) is 24.3 Å². The van der Waals surface area contributed by atoms with Gasteiger partial charge in [0.1, 0.15) is 0 Å². The lowest BCUT2D eigenvalue weighted by Crippen LogP contribution is -2.49. The molecule has 4 heteroatoms. The summed E-state index contributed by atoms with van der Waals surface area (Å²) in [6, 6.07) is 8.06. The first-order valence-electron chi connectivity index (χ1n) is 5.89. The third kappa shape index (κ3) is 3.75. The van der Waals surface area contributed by atoms with Gasteiger partial charge in [0.2, 0.25) is 0 Å². The summed E-state index contributed by atoms with van der Waals surface area (Å²) in [5.41, 5.74) is 0.740. The third-order valence-electron chi connectivity index (χ3n) is 3.32. The van der Waals surface area contributed by atoms with Crippen LogP contribution in [0.15, 0.2) is 24.3 Å². The van der Waals surface area contributed by atoms with E-state index in [1.54, 1.807) is 13.8 Å². The number of nitrogens with one attached hydrogen (secondary N) is 1. The minimum Gasteiger partial charge on any atom is -0.427 e. The maximum absolute atomic E-state index is 9.97.